The van der Waals surface area contributed by atoms with Crippen LogP contribution in [0.1, 0.15) is 12.5 Å². The highest BCUT2D eigenvalue weighted by Gasteiger charge is 2.10. The zero-order valence-corrected chi connectivity index (χ0v) is 6.75. The number of rotatable bonds is 2. The number of benzene rings is 1. The third-order valence-corrected chi connectivity index (χ3v) is 1.43. The summed E-state index contributed by atoms with van der Waals surface area (Å²) in [5.41, 5.74) is 11.9. The Labute approximate surface area is 67.2 Å². The molecule has 0 fully saturated rings. The number of hydrogen-bond donors (Lipinski definition) is 2. The van der Waals surface area contributed by atoms with E-state index < -0.39 is 5.66 Å². The van der Waals surface area contributed by atoms with Gasteiger partial charge in [0.2, 0.25) is 0 Å². The van der Waals surface area contributed by atoms with Crippen LogP contribution in [0.15, 0.2) is 30.3 Å². The van der Waals surface area contributed by atoms with E-state index in [1.165, 1.54) is 5.56 Å². The van der Waals surface area contributed by atoms with Gasteiger partial charge in [0, 0.05) is 6.42 Å². The maximum Gasteiger partial charge on any atom is 0.0648 e. The Morgan fingerprint density at radius 2 is 1.73 bits per heavy atom. The van der Waals surface area contributed by atoms with Crippen LogP contribution < -0.4 is 11.5 Å². The van der Waals surface area contributed by atoms with Crippen molar-refractivity contribution >= 4 is 0 Å². The number of nitrogens with two attached hydrogens (primary N) is 2. The molecule has 0 radical (unpaired) electrons. The van der Waals surface area contributed by atoms with Crippen LogP contribution in [-0.4, -0.2) is 5.66 Å². The second kappa shape index (κ2) is 3.03. The molecule has 0 saturated carbocycles. The lowest BCUT2D eigenvalue weighted by Crippen LogP contribution is -2.47. The van der Waals surface area contributed by atoms with Crippen molar-refractivity contribution in [3.8, 4) is 0 Å². The van der Waals surface area contributed by atoms with Crippen molar-refractivity contribution in [2.75, 3.05) is 0 Å². The largest absolute Gasteiger partial charge is 0.313 e. The Morgan fingerprint density at radius 3 is 2.18 bits per heavy atom. The molecule has 2 heteroatoms. The van der Waals surface area contributed by atoms with Crippen molar-refractivity contribution < 1.29 is 0 Å². The molecule has 0 saturated heterocycles. The first kappa shape index (κ1) is 8.24. The van der Waals surface area contributed by atoms with Crippen LogP contribution in [0.3, 0.4) is 0 Å². The molecular formula is C9H14N2. The van der Waals surface area contributed by atoms with E-state index in [4.69, 9.17) is 11.5 Å². The van der Waals surface area contributed by atoms with Gasteiger partial charge in [-0.25, -0.2) is 0 Å². The van der Waals surface area contributed by atoms with Gasteiger partial charge in [0.25, 0.3) is 0 Å². The average Bonchev–Trinajstić information content (AvgIpc) is 1.85. The second-order valence-electron chi connectivity index (χ2n) is 3.17. The van der Waals surface area contributed by atoms with Crippen LogP contribution in [0.5, 0.6) is 0 Å². The smallest absolute Gasteiger partial charge is 0.0648 e. The molecule has 2 nitrogen and oxygen atoms in total. The highest BCUT2D eigenvalue weighted by molar-refractivity contribution is 5.16. The van der Waals surface area contributed by atoms with Crippen molar-refractivity contribution in [2.24, 2.45) is 11.5 Å². The van der Waals surface area contributed by atoms with Crippen molar-refractivity contribution in [2.45, 2.75) is 19.0 Å². The maximum absolute atomic E-state index is 5.65. The molecule has 0 unspecified atom stereocenters. The summed E-state index contributed by atoms with van der Waals surface area (Å²) in [5.74, 6) is 0. The summed E-state index contributed by atoms with van der Waals surface area (Å²) < 4.78 is 0. The molecule has 4 N–H and O–H groups in total. The van der Waals surface area contributed by atoms with Gasteiger partial charge in [-0.15, -0.1) is 0 Å². The summed E-state index contributed by atoms with van der Waals surface area (Å²) in [5, 5.41) is 0. The molecule has 0 atom stereocenters. The third kappa shape index (κ3) is 3.16. The summed E-state index contributed by atoms with van der Waals surface area (Å²) in [6, 6.07) is 10.0. The minimum absolute atomic E-state index is 0.596. The second-order valence-corrected chi connectivity index (χ2v) is 3.17. The van der Waals surface area contributed by atoms with E-state index in [9.17, 15) is 0 Å². The molecule has 11 heavy (non-hydrogen) atoms. The predicted octanol–water partition coefficient (Wildman–Crippen LogP) is 0.863. The van der Waals surface area contributed by atoms with E-state index in [0.717, 1.165) is 0 Å². The Hall–Kier alpha value is -0.860. The molecule has 1 aromatic carbocycles. The summed E-state index contributed by atoms with van der Waals surface area (Å²) in [6.07, 6.45) is 0.716. The minimum atomic E-state index is -0.596. The molecule has 0 aliphatic carbocycles. The molecule has 0 aliphatic heterocycles. The van der Waals surface area contributed by atoms with Gasteiger partial charge in [-0.05, 0) is 12.5 Å². The van der Waals surface area contributed by atoms with Gasteiger partial charge in [-0.2, -0.15) is 0 Å². The lowest BCUT2D eigenvalue weighted by atomic mass is 10.0. The lowest BCUT2D eigenvalue weighted by Gasteiger charge is -2.17. The molecule has 0 heterocycles. The summed E-state index contributed by atoms with van der Waals surface area (Å²) in [4.78, 5) is 0. The van der Waals surface area contributed by atoms with E-state index in [1.54, 1.807) is 0 Å². The fraction of sp³-hybridized carbons (Fsp3) is 0.333. The molecule has 1 rings (SSSR count). The van der Waals surface area contributed by atoms with Crippen LogP contribution in [0.2, 0.25) is 0 Å². The zero-order chi connectivity index (χ0) is 8.32. The van der Waals surface area contributed by atoms with Crippen molar-refractivity contribution in [3.63, 3.8) is 0 Å². The van der Waals surface area contributed by atoms with E-state index in [-0.39, 0.29) is 0 Å². The molecule has 0 bridgehead atoms. The number of hydrogen-bond acceptors (Lipinski definition) is 2. The van der Waals surface area contributed by atoms with E-state index >= 15 is 0 Å². The third-order valence-electron chi connectivity index (χ3n) is 1.43. The normalized spacial score (nSPS) is 11.5. The van der Waals surface area contributed by atoms with Crippen LogP contribution in [0, 0.1) is 0 Å². The molecule has 1 aromatic rings. The Balaban J connectivity index is 2.66. The highest BCUT2D eigenvalue weighted by Crippen LogP contribution is 2.04. The molecule has 0 aromatic heterocycles. The summed E-state index contributed by atoms with van der Waals surface area (Å²) in [6.45, 7) is 1.82. The lowest BCUT2D eigenvalue weighted by molar-refractivity contribution is 0.487. The topological polar surface area (TPSA) is 52.0 Å². The molecular weight excluding hydrogens is 136 g/mol. The van der Waals surface area contributed by atoms with Crippen LogP contribution in [0.25, 0.3) is 0 Å². The van der Waals surface area contributed by atoms with Gasteiger partial charge < -0.3 is 11.5 Å². The SMILES string of the molecule is CC(N)(N)Cc1ccccc1. The summed E-state index contributed by atoms with van der Waals surface area (Å²) in [7, 11) is 0. The van der Waals surface area contributed by atoms with Crippen molar-refractivity contribution in [3.05, 3.63) is 35.9 Å². The van der Waals surface area contributed by atoms with Crippen LogP contribution >= 0.6 is 0 Å². The molecule has 0 spiro atoms. The van der Waals surface area contributed by atoms with Crippen molar-refractivity contribution in [1.29, 1.82) is 0 Å². The molecule has 0 amide bonds. The summed E-state index contributed by atoms with van der Waals surface area (Å²) >= 11 is 0. The Morgan fingerprint density at radius 1 is 1.18 bits per heavy atom. The fourth-order valence-electron chi connectivity index (χ4n) is 1.04. The van der Waals surface area contributed by atoms with Gasteiger partial charge in [-0.1, -0.05) is 30.3 Å². The first-order valence-electron chi connectivity index (χ1n) is 3.70. The zero-order valence-electron chi connectivity index (χ0n) is 6.75. The molecule has 0 aliphatic rings. The van der Waals surface area contributed by atoms with Gasteiger partial charge in [0.15, 0.2) is 0 Å². The molecule has 60 valence electrons. The monoisotopic (exact) mass is 150 g/mol. The maximum atomic E-state index is 5.65. The predicted molar refractivity (Wildman–Crippen MR) is 46.9 cm³/mol. The minimum Gasteiger partial charge on any atom is -0.313 e. The van der Waals surface area contributed by atoms with Crippen LogP contribution in [-0.2, 0) is 6.42 Å². The van der Waals surface area contributed by atoms with E-state index in [2.05, 4.69) is 0 Å². The Kier molecular flexibility index (Phi) is 2.27. The Bertz CT molecular complexity index is 211. The standard InChI is InChI=1S/C9H14N2/c1-9(10,11)7-8-5-3-2-4-6-8/h2-6H,7,10-11H2,1H3. The van der Waals surface area contributed by atoms with E-state index in [0.29, 0.717) is 6.42 Å². The fourth-order valence-corrected chi connectivity index (χ4v) is 1.04. The first-order chi connectivity index (χ1) is 5.08. The van der Waals surface area contributed by atoms with E-state index in [1.807, 2.05) is 37.3 Å². The van der Waals surface area contributed by atoms with Gasteiger partial charge >= 0.3 is 0 Å². The van der Waals surface area contributed by atoms with Crippen molar-refractivity contribution in [1.82, 2.24) is 0 Å². The first-order valence-corrected chi connectivity index (χ1v) is 3.70. The van der Waals surface area contributed by atoms with Crippen LogP contribution in [0.4, 0.5) is 0 Å². The van der Waals surface area contributed by atoms with Gasteiger partial charge in [-0.3, -0.25) is 0 Å². The average molecular weight is 150 g/mol. The quantitative estimate of drug-likeness (QED) is 0.614. The van der Waals surface area contributed by atoms with Gasteiger partial charge in [0.05, 0.1) is 5.66 Å². The van der Waals surface area contributed by atoms with Gasteiger partial charge in [0.1, 0.15) is 0 Å². The highest BCUT2D eigenvalue weighted by atomic mass is 14.9.